The van der Waals surface area contributed by atoms with Crippen LogP contribution in [0.5, 0.6) is 0 Å². The second-order valence-corrected chi connectivity index (χ2v) is 7.47. The van der Waals surface area contributed by atoms with Crippen LogP contribution in [0.25, 0.3) is 21.6 Å². The number of nitrogens with zero attached hydrogens (tertiary/aromatic N) is 4. The summed E-state index contributed by atoms with van der Waals surface area (Å²) < 4.78 is 0. The fourth-order valence-electron chi connectivity index (χ4n) is 3.44. The van der Waals surface area contributed by atoms with E-state index in [9.17, 15) is 0 Å². The number of aryl methyl sites for hydroxylation is 2. The summed E-state index contributed by atoms with van der Waals surface area (Å²) in [5.41, 5.74) is 3.50. The number of thiophene rings is 1. The Morgan fingerprint density at radius 2 is 1.88 bits per heavy atom. The van der Waals surface area contributed by atoms with Gasteiger partial charge in [-0.1, -0.05) is 6.07 Å². The van der Waals surface area contributed by atoms with Crippen molar-refractivity contribution >= 4 is 27.4 Å². The molecule has 0 saturated carbocycles. The van der Waals surface area contributed by atoms with E-state index in [-0.39, 0.29) is 0 Å². The SMILES string of the molecule is c1cncc(CNc2nc(-c3cccnc3)nc3sc4c(c23)CCC4)c1. The molecule has 6 heteroatoms. The molecule has 0 aliphatic heterocycles. The Morgan fingerprint density at radius 1 is 1.00 bits per heavy atom. The zero-order valence-corrected chi connectivity index (χ0v) is 15.0. The number of aromatic nitrogens is 4. The number of hydrogen-bond acceptors (Lipinski definition) is 6. The second-order valence-electron chi connectivity index (χ2n) is 6.39. The average molecular weight is 359 g/mol. The predicted octanol–water partition coefficient (Wildman–Crippen LogP) is 4.25. The molecule has 5 nitrogen and oxygen atoms in total. The number of anilines is 1. The molecular formula is C20H17N5S. The molecule has 0 spiro atoms. The molecule has 128 valence electrons. The largest absolute Gasteiger partial charge is 0.365 e. The highest BCUT2D eigenvalue weighted by molar-refractivity contribution is 7.19. The highest BCUT2D eigenvalue weighted by atomic mass is 32.1. The molecule has 1 N–H and O–H groups in total. The van der Waals surface area contributed by atoms with Gasteiger partial charge in [-0.05, 0) is 48.6 Å². The number of nitrogens with one attached hydrogen (secondary N) is 1. The molecule has 0 radical (unpaired) electrons. The maximum Gasteiger partial charge on any atom is 0.164 e. The zero-order valence-electron chi connectivity index (χ0n) is 14.1. The maximum atomic E-state index is 4.86. The molecule has 0 unspecified atom stereocenters. The minimum atomic E-state index is 0.692. The summed E-state index contributed by atoms with van der Waals surface area (Å²) in [6, 6.07) is 7.94. The Balaban J connectivity index is 1.61. The van der Waals surface area contributed by atoms with Gasteiger partial charge in [-0.15, -0.1) is 11.3 Å². The topological polar surface area (TPSA) is 63.6 Å². The van der Waals surface area contributed by atoms with Crippen LogP contribution in [-0.4, -0.2) is 19.9 Å². The third-order valence-electron chi connectivity index (χ3n) is 4.67. The molecule has 0 atom stereocenters. The summed E-state index contributed by atoms with van der Waals surface area (Å²) in [6.45, 7) is 0.692. The Morgan fingerprint density at radius 3 is 2.69 bits per heavy atom. The van der Waals surface area contributed by atoms with Gasteiger partial charge < -0.3 is 5.32 Å². The smallest absolute Gasteiger partial charge is 0.164 e. The van der Waals surface area contributed by atoms with Crippen LogP contribution in [0.2, 0.25) is 0 Å². The van der Waals surface area contributed by atoms with Crippen molar-refractivity contribution in [3.05, 3.63) is 65.1 Å². The summed E-state index contributed by atoms with van der Waals surface area (Å²) in [6.07, 6.45) is 10.7. The molecule has 4 aromatic heterocycles. The van der Waals surface area contributed by atoms with Crippen molar-refractivity contribution in [2.45, 2.75) is 25.8 Å². The molecule has 0 fully saturated rings. The molecule has 4 heterocycles. The molecule has 26 heavy (non-hydrogen) atoms. The van der Waals surface area contributed by atoms with Gasteiger partial charge in [0.1, 0.15) is 10.6 Å². The molecule has 0 saturated heterocycles. The minimum absolute atomic E-state index is 0.692. The van der Waals surface area contributed by atoms with Crippen LogP contribution in [0.15, 0.2) is 49.1 Å². The van der Waals surface area contributed by atoms with Gasteiger partial charge in [0.25, 0.3) is 0 Å². The number of rotatable bonds is 4. The third-order valence-corrected chi connectivity index (χ3v) is 5.85. The van der Waals surface area contributed by atoms with Crippen molar-refractivity contribution in [1.29, 1.82) is 0 Å². The molecule has 4 aromatic rings. The lowest BCUT2D eigenvalue weighted by atomic mass is 10.1. The number of fused-ring (bicyclic) bond motifs is 3. The van der Waals surface area contributed by atoms with Crippen LogP contribution in [0.4, 0.5) is 5.82 Å². The zero-order chi connectivity index (χ0) is 17.3. The van der Waals surface area contributed by atoms with Gasteiger partial charge in [0.15, 0.2) is 5.82 Å². The van der Waals surface area contributed by atoms with Gasteiger partial charge in [-0.3, -0.25) is 9.97 Å². The predicted molar refractivity (Wildman–Crippen MR) is 104 cm³/mol. The molecule has 0 aromatic carbocycles. The van der Waals surface area contributed by atoms with Crippen LogP contribution >= 0.6 is 11.3 Å². The van der Waals surface area contributed by atoms with E-state index in [1.165, 1.54) is 22.2 Å². The van der Waals surface area contributed by atoms with Gasteiger partial charge in [-0.25, -0.2) is 9.97 Å². The first kappa shape index (κ1) is 15.4. The van der Waals surface area contributed by atoms with Crippen molar-refractivity contribution < 1.29 is 0 Å². The van der Waals surface area contributed by atoms with E-state index in [0.29, 0.717) is 6.54 Å². The van der Waals surface area contributed by atoms with E-state index in [2.05, 4.69) is 21.4 Å². The van der Waals surface area contributed by atoms with Gasteiger partial charge >= 0.3 is 0 Å². The van der Waals surface area contributed by atoms with Crippen LogP contribution in [-0.2, 0) is 19.4 Å². The molecule has 1 aliphatic rings. The summed E-state index contributed by atoms with van der Waals surface area (Å²) in [7, 11) is 0. The third kappa shape index (κ3) is 2.72. The number of pyridine rings is 2. The summed E-state index contributed by atoms with van der Waals surface area (Å²) in [4.78, 5) is 20.6. The number of hydrogen-bond donors (Lipinski definition) is 1. The standard InChI is InChI=1S/C20H17N5S/c1-6-15-16(7-1)26-20-17(15)19(23-11-13-4-2-8-21-10-13)24-18(25-20)14-5-3-9-22-12-14/h2-5,8-10,12H,1,6-7,11H2,(H,23,24,25). The molecule has 0 bridgehead atoms. The Hall–Kier alpha value is -2.86. The Labute approximate surface area is 155 Å². The van der Waals surface area contributed by atoms with Crippen molar-refractivity contribution in [2.24, 2.45) is 0 Å². The lowest BCUT2D eigenvalue weighted by molar-refractivity contribution is 0.917. The van der Waals surface area contributed by atoms with E-state index < -0.39 is 0 Å². The maximum absolute atomic E-state index is 4.86. The highest BCUT2D eigenvalue weighted by Crippen LogP contribution is 2.40. The second kappa shape index (κ2) is 6.46. The van der Waals surface area contributed by atoms with Crippen molar-refractivity contribution in [1.82, 2.24) is 19.9 Å². The Kier molecular flexibility index (Phi) is 3.83. The monoisotopic (exact) mass is 359 g/mol. The fourth-order valence-corrected chi connectivity index (χ4v) is 4.70. The van der Waals surface area contributed by atoms with Crippen molar-refractivity contribution in [3.63, 3.8) is 0 Å². The minimum Gasteiger partial charge on any atom is -0.365 e. The van der Waals surface area contributed by atoms with E-state index in [1.54, 1.807) is 12.4 Å². The first-order valence-corrected chi connectivity index (χ1v) is 9.55. The van der Waals surface area contributed by atoms with Crippen LogP contribution in [0.1, 0.15) is 22.4 Å². The Bertz CT molecular complexity index is 1060. The highest BCUT2D eigenvalue weighted by Gasteiger charge is 2.22. The van der Waals surface area contributed by atoms with Crippen LogP contribution in [0, 0.1) is 0 Å². The first-order valence-electron chi connectivity index (χ1n) is 8.74. The average Bonchev–Trinajstić information content (AvgIpc) is 3.28. The molecule has 5 rings (SSSR count). The first-order chi connectivity index (χ1) is 12.9. The van der Waals surface area contributed by atoms with Gasteiger partial charge in [-0.2, -0.15) is 0 Å². The lowest BCUT2D eigenvalue weighted by Crippen LogP contribution is -2.04. The quantitative estimate of drug-likeness (QED) is 0.590. The van der Waals surface area contributed by atoms with E-state index in [4.69, 9.17) is 9.97 Å². The van der Waals surface area contributed by atoms with Crippen LogP contribution in [0.3, 0.4) is 0 Å². The summed E-state index contributed by atoms with van der Waals surface area (Å²) in [5, 5.41) is 4.72. The van der Waals surface area contributed by atoms with Crippen molar-refractivity contribution in [3.8, 4) is 11.4 Å². The van der Waals surface area contributed by atoms with E-state index in [1.807, 2.05) is 41.9 Å². The van der Waals surface area contributed by atoms with Gasteiger partial charge in [0, 0.05) is 41.8 Å². The van der Waals surface area contributed by atoms with Gasteiger partial charge in [0.05, 0.1) is 5.39 Å². The normalized spacial score (nSPS) is 13.1. The fraction of sp³-hybridized carbons (Fsp3) is 0.200. The summed E-state index contributed by atoms with van der Waals surface area (Å²) >= 11 is 1.81. The summed E-state index contributed by atoms with van der Waals surface area (Å²) in [5.74, 6) is 1.64. The van der Waals surface area contributed by atoms with E-state index in [0.717, 1.165) is 40.4 Å². The van der Waals surface area contributed by atoms with Crippen LogP contribution < -0.4 is 5.32 Å². The van der Waals surface area contributed by atoms with E-state index >= 15 is 0 Å². The van der Waals surface area contributed by atoms with Crippen molar-refractivity contribution in [2.75, 3.05) is 5.32 Å². The lowest BCUT2D eigenvalue weighted by Gasteiger charge is -2.10. The molecule has 1 aliphatic carbocycles. The van der Waals surface area contributed by atoms with Gasteiger partial charge in [0.2, 0.25) is 0 Å². The molecular weight excluding hydrogens is 342 g/mol. The molecule has 0 amide bonds.